The predicted molar refractivity (Wildman–Crippen MR) is 258 cm³/mol. The van der Waals surface area contributed by atoms with Crippen LogP contribution in [0.5, 0.6) is 0 Å². The number of carbonyl (C=O) groups is 5. The molecule has 378 valence electrons. The monoisotopic (exact) mass is 926 g/mol. The molecule has 0 radical (unpaired) electrons. The van der Waals surface area contributed by atoms with E-state index in [1.54, 1.807) is 62.6 Å². The number of methoxy groups -OCH3 is 3. The van der Waals surface area contributed by atoms with E-state index in [2.05, 4.69) is 40.2 Å². The molecule has 1 aliphatic carbocycles. The molecular formula is C51H91NO13. The van der Waals surface area contributed by atoms with Gasteiger partial charge in [0.2, 0.25) is 5.79 Å². The predicted octanol–water partition coefficient (Wildman–Crippen LogP) is 8.24. The quantitative estimate of drug-likeness (QED) is 0.0547. The Bertz CT molecular complexity index is 1400. The first-order chi connectivity index (χ1) is 30.8. The van der Waals surface area contributed by atoms with Crippen molar-refractivity contribution in [1.29, 1.82) is 0 Å². The molecule has 0 aromatic rings. The maximum Gasteiger partial charge on any atom is 0.328 e. The number of Topliss-reactive ketones (excluding diaryl/α,β-unsaturated/α-hetero) is 3. The molecule has 5 atom stereocenters. The summed E-state index contributed by atoms with van der Waals surface area (Å²) >= 11 is 0. The molecule has 0 bridgehead atoms. The first-order valence-corrected chi connectivity index (χ1v) is 23.5. The molecule has 3 rings (SSSR count). The van der Waals surface area contributed by atoms with Crippen LogP contribution in [0.4, 0.5) is 0 Å². The maximum atomic E-state index is 12.7. The summed E-state index contributed by atoms with van der Waals surface area (Å²) in [4.78, 5) is 61.8. The fraction of sp³-hybridized carbons (Fsp3) is 0.745. The van der Waals surface area contributed by atoms with Crippen molar-refractivity contribution >= 4 is 29.2 Å². The fourth-order valence-corrected chi connectivity index (χ4v) is 6.41. The summed E-state index contributed by atoms with van der Waals surface area (Å²) in [6, 6.07) is -0.760. The van der Waals surface area contributed by atoms with Gasteiger partial charge >= 0.3 is 5.97 Å². The number of nitrogens with zero attached hydrogens (tertiary/aromatic N) is 1. The number of amides is 1. The number of piperidine rings is 1. The number of hydrogen-bond acceptors (Lipinski definition) is 13. The second-order valence-corrected chi connectivity index (χ2v) is 16.8. The lowest BCUT2D eigenvalue weighted by Gasteiger charge is -2.39. The molecule has 3 N–H and O–H groups in total. The lowest BCUT2D eigenvalue weighted by Crippen LogP contribution is -2.59. The van der Waals surface area contributed by atoms with Gasteiger partial charge in [0.05, 0.1) is 25.4 Å². The van der Waals surface area contributed by atoms with Crippen molar-refractivity contribution in [2.75, 3.05) is 62.4 Å². The van der Waals surface area contributed by atoms with Crippen molar-refractivity contribution in [3.05, 3.63) is 47.6 Å². The molecule has 2 heterocycles. The van der Waals surface area contributed by atoms with E-state index in [-0.39, 0.29) is 43.2 Å². The number of ketones is 3. The molecule has 3 fully saturated rings. The van der Waals surface area contributed by atoms with E-state index < -0.39 is 41.5 Å². The van der Waals surface area contributed by atoms with Gasteiger partial charge in [-0.1, -0.05) is 89.0 Å². The largest absolute Gasteiger partial charge is 0.464 e. The maximum absolute atomic E-state index is 12.7. The van der Waals surface area contributed by atoms with Crippen LogP contribution < -0.4 is 0 Å². The summed E-state index contributed by atoms with van der Waals surface area (Å²) in [5.74, 6) is -4.84. The van der Waals surface area contributed by atoms with Crippen LogP contribution in [0.15, 0.2) is 47.6 Å². The fourth-order valence-electron chi connectivity index (χ4n) is 6.41. The summed E-state index contributed by atoms with van der Waals surface area (Å²) in [5, 5.41) is 29.5. The average molecular weight is 926 g/mol. The molecule has 65 heavy (non-hydrogen) atoms. The Morgan fingerprint density at radius 3 is 1.92 bits per heavy atom. The number of esters is 1. The van der Waals surface area contributed by atoms with Gasteiger partial charge in [0.15, 0.2) is 0 Å². The van der Waals surface area contributed by atoms with E-state index in [1.165, 1.54) is 36.7 Å². The highest BCUT2D eigenvalue weighted by atomic mass is 16.6. The van der Waals surface area contributed by atoms with Crippen LogP contribution >= 0.6 is 0 Å². The third-order valence-corrected chi connectivity index (χ3v) is 10.6. The third-order valence-electron chi connectivity index (χ3n) is 10.6. The van der Waals surface area contributed by atoms with Gasteiger partial charge in [-0.25, -0.2) is 4.79 Å². The van der Waals surface area contributed by atoms with E-state index >= 15 is 0 Å². The first kappa shape index (κ1) is 65.9. The normalized spacial score (nSPS) is 21.0. The van der Waals surface area contributed by atoms with Crippen LogP contribution in [0.2, 0.25) is 0 Å². The van der Waals surface area contributed by atoms with Crippen LogP contribution in [0.1, 0.15) is 151 Å². The Hall–Kier alpha value is -3.37. The summed E-state index contributed by atoms with van der Waals surface area (Å²) in [6.07, 6.45) is 24.1. The van der Waals surface area contributed by atoms with E-state index in [1.807, 2.05) is 32.1 Å². The van der Waals surface area contributed by atoms with Gasteiger partial charge in [0.25, 0.3) is 11.7 Å². The summed E-state index contributed by atoms with van der Waals surface area (Å²) in [7, 11) is 9.75. The highest BCUT2D eigenvalue weighted by molar-refractivity contribution is 6.39. The standard InChI is InChI=1S/C22H34O3.C17H27NO6.C6H12O.3C2H6O/c1-6-17(2)12-10-8-7-9-11-13-18(3)21(24)16-22(25)19(4)14-15-20(5)23;1-3-10-23-16(21)13-8-4-5-9-18(13)15(20)14(19)17(22)12(2)7-6-11-24-17;7-6-4-2-1-3-5-6;3*1-3-2/h7-10,12,14,18,22,25H,6,11,13,15-16H2,1-5H3;12-13,22H,3-11H2,1-2H3;6-7H,1-5H2;3*1-2H3/b9-7+,10-8+,17-12+,19-14+;;;;;. The molecule has 0 spiro atoms. The summed E-state index contributed by atoms with van der Waals surface area (Å²) in [5.41, 5.74) is 2.03. The van der Waals surface area contributed by atoms with Crippen molar-refractivity contribution in [3.63, 3.8) is 0 Å². The van der Waals surface area contributed by atoms with Crippen LogP contribution in [0.25, 0.3) is 0 Å². The molecule has 3 aliphatic rings. The minimum absolute atomic E-state index is 0.0359. The highest BCUT2D eigenvalue weighted by Crippen LogP contribution is 2.31. The highest BCUT2D eigenvalue weighted by Gasteiger charge is 2.50. The van der Waals surface area contributed by atoms with Crippen molar-refractivity contribution in [1.82, 2.24) is 4.90 Å². The average Bonchev–Trinajstić information content (AvgIpc) is 3.28. The minimum atomic E-state index is -2.09. The lowest BCUT2D eigenvalue weighted by molar-refractivity contribution is -0.240. The van der Waals surface area contributed by atoms with Crippen molar-refractivity contribution in [2.45, 2.75) is 175 Å². The van der Waals surface area contributed by atoms with Gasteiger partial charge in [-0.15, -0.1) is 0 Å². The topological polar surface area (TPSA) is 195 Å². The van der Waals surface area contributed by atoms with Crippen LogP contribution in [0, 0.1) is 11.8 Å². The number of carbonyl (C=O) groups excluding carboxylic acids is 5. The molecule has 0 aromatic heterocycles. The van der Waals surface area contributed by atoms with E-state index in [4.69, 9.17) is 14.6 Å². The minimum Gasteiger partial charge on any atom is -0.464 e. The number of allylic oxidation sites excluding steroid dienone is 7. The van der Waals surface area contributed by atoms with Crippen LogP contribution in [-0.4, -0.2) is 136 Å². The zero-order valence-corrected chi connectivity index (χ0v) is 42.7. The van der Waals surface area contributed by atoms with Gasteiger partial charge in [-0.05, 0) is 97.0 Å². The van der Waals surface area contributed by atoms with E-state index in [0.717, 1.165) is 44.9 Å². The Kier molecular flexibility index (Phi) is 42.6. The molecule has 0 aromatic carbocycles. The van der Waals surface area contributed by atoms with Gasteiger partial charge < -0.3 is 43.9 Å². The first-order valence-electron chi connectivity index (χ1n) is 23.5. The molecule has 1 amide bonds. The number of ether oxygens (including phenoxy) is 5. The molecule has 14 heteroatoms. The number of hydrogen-bond donors (Lipinski definition) is 3. The molecule has 2 aliphatic heterocycles. The Balaban J connectivity index is -0.000000885. The van der Waals surface area contributed by atoms with Gasteiger partial charge in [0.1, 0.15) is 17.6 Å². The van der Waals surface area contributed by atoms with Crippen molar-refractivity contribution < 1.29 is 63.0 Å². The molecule has 1 saturated carbocycles. The zero-order chi connectivity index (χ0) is 50.2. The summed E-state index contributed by atoms with van der Waals surface area (Å²) < 4.78 is 23.1. The van der Waals surface area contributed by atoms with Gasteiger partial charge in [-0.2, -0.15) is 0 Å². The van der Waals surface area contributed by atoms with Crippen molar-refractivity contribution in [2.24, 2.45) is 11.8 Å². The van der Waals surface area contributed by atoms with Crippen LogP contribution in [-0.2, 0) is 47.7 Å². The van der Waals surface area contributed by atoms with Crippen molar-refractivity contribution in [3.8, 4) is 0 Å². The molecule has 2 saturated heterocycles. The molecular weight excluding hydrogens is 835 g/mol. The molecule has 14 nitrogen and oxygen atoms in total. The number of likely N-dealkylation sites (tertiary alicyclic amines) is 1. The number of aliphatic hydroxyl groups excluding tert-OH is 2. The van der Waals surface area contributed by atoms with Gasteiger partial charge in [0, 0.05) is 73.9 Å². The summed E-state index contributed by atoms with van der Waals surface area (Å²) in [6.45, 7) is 13.8. The van der Waals surface area contributed by atoms with E-state index in [9.17, 15) is 34.2 Å². The third kappa shape index (κ3) is 32.1. The Labute approximate surface area is 393 Å². The number of aliphatic hydroxyl groups is 3. The van der Waals surface area contributed by atoms with Gasteiger partial charge in [-0.3, -0.25) is 19.2 Å². The lowest BCUT2D eigenvalue weighted by atomic mass is 9.88. The van der Waals surface area contributed by atoms with Crippen LogP contribution in [0.3, 0.4) is 0 Å². The van der Waals surface area contributed by atoms with E-state index in [0.29, 0.717) is 44.2 Å². The second-order valence-electron chi connectivity index (χ2n) is 16.8. The SMILES string of the molecule is CC/C(C)=C/C=C/C=C/CCC(C)C(=O)CC(O)/C(C)=C/CC(C)=O.CCCOC(=O)C1CCCCN1C(=O)C(=O)C1(O)OCCCC1C.COC.COC.COC.OC1CCCCC1. The molecule has 5 unspecified atom stereocenters. The Morgan fingerprint density at radius 1 is 0.831 bits per heavy atom. The Morgan fingerprint density at radius 2 is 1.42 bits per heavy atom. The second kappa shape index (κ2) is 42.0. The smallest absolute Gasteiger partial charge is 0.328 e. The number of rotatable bonds is 17. The zero-order valence-electron chi connectivity index (χ0n) is 42.7.